The fraction of sp³-hybridized carbons (Fsp3) is 0.250. The monoisotopic (exact) mass is 334 g/mol. The third kappa shape index (κ3) is 3.76. The summed E-state index contributed by atoms with van der Waals surface area (Å²) in [6.07, 6.45) is 0.405. The van der Waals surface area contributed by atoms with Gasteiger partial charge in [0.1, 0.15) is 5.82 Å². The van der Waals surface area contributed by atoms with Crippen LogP contribution in [-0.2, 0) is 16.4 Å². The standard InChI is InChI=1S/C12H12ClFN2O2S2/c1-8-11(19-12(13)16-8)20(17,18)15-6-5-9-3-2-4-10(14)7-9/h2-4,7,15H,5-6H2,1H3. The molecule has 2 rings (SSSR count). The molecule has 0 saturated carbocycles. The van der Waals surface area contributed by atoms with Gasteiger partial charge in [0.25, 0.3) is 10.0 Å². The molecule has 0 amide bonds. The highest BCUT2D eigenvalue weighted by Gasteiger charge is 2.20. The van der Waals surface area contributed by atoms with Crippen LogP contribution >= 0.6 is 22.9 Å². The lowest BCUT2D eigenvalue weighted by molar-refractivity contribution is 0.583. The Morgan fingerprint density at radius 3 is 2.80 bits per heavy atom. The van der Waals surface area contributed by atoms with Gasteiger partial charge in [0.15, 0.2) is 8.68 Å². The van der Waals surface area contributed by atoms with Crippen molar-refractivity contribution in [3.8, 4) is 0 Å². The smallest absolute Gasteiger partial charge is 0.229 e. The summed E-state index contributed by atoms with van der Waals surface area (Å²) in [6, 6.07) is 6.05. The van der Waals surface area contributed by atoms with Gasteiger partial charge in [0, 0.05) is 6.54 Å². The lowest BCUT2D eigenvalue weighted by Crippen LogP contribution is -2.25. The van der Waals surface area contributed by atoms with Crippen molar-refractivity contribution in [2.45, 2.75) is 17.6 Å². The van der Waals surface area contributed by atoms with Gasteiger partial charge in [-0.05, 0) is 31.0 Å². The maximum atomic E-state index is 13.0. The zero-order chi connectivity index (χ0) is 14.8. The van der Waals surface area contributed by atoms with Crippen molar-refractivity contribution in [3.63, 3.8) is 0 Å². The molecule has 20 heavy (non-hydrogen) atoms. The summed E-state index contributed by atoms with van der Waals surface area (Å²) < 4.78 is 39.8. The van der Waals surface area contributed by atoms with Gasteiger partial charge in [-0.25, -0.2) is 22.5 Å². The van der Waals surface area contributed by atoms with E-state index in [1.54, 1.807) is 19.1 Å². The first-order chi connectivity index (χ1) is 9.38. The Morgan fingerprint density at radius 1 is 1.45 bits per heavy atom. The number of rotatable bonds is 5. The highest BCUT2D eigenvalue weighted by atomic mass is 35.5. The SMILES string of the molecule is Cc1nc(Cl)sc1S(=O)(=O)NCCc1cccc(F)c1. The molecule has 1 N–H and O–H groups in total. The first-order valence-electron chi connectivity index (χ1n) is 5.75. The molecule has 0 radical (unpaired) electrons. The molecule has 1 heterocycles. The van der Waals surface area contributed by atoms with Crippen LogP contribution in [0.3, 0.4) is 0 Å². The van der Waals surface area contributed by atoms with E-state index in [4.69, 9.17) is 11.6 Å². The van der Waals surface area contributed by atoms with Crippen LogP contribution in [0.5, 0.6) is 0 Å². The summed E-state index contributed by atoms with van der Waals surface area (Å²) in [6.45, 7) is 1.77. The lowest BCUT2D eigenvalue weighted by atomic mass is 10.1. The molecule has 0 unspecified atom stereocenters. The molecule has 0 aliphatic carbocycles. The molecule has 0 aliphatic rings. The zero-order valence-corrected chi connectivity index (χ0v) is 12.9. The van der Waals surface area contributed by atoms with Crippen LogP contribution in [0, 0.1) is 12.7 Å². The second kappa shape index (κ2) is 6.17. The van der Waals surface area contributed by atoms with Crippen molar-refractivity contribution in [2.75, 3.05) is 6.54 Å². The van der Waals surface area contributed by atoms with Crippen molar-refractivity contribution in [3.05, 3.63) is 45.8 Å². The van der Waals surface area contributed by atoms with Gasteiger partial charge in [-0.15, -0.1) is 0 Å². The maximum absolute atomic E-state index is 13.0. The van der Waals surface area contributed by atoms with Gasteiger partial charge in [0.05, 0.1) is 5.69 Å². The minimum absolute atomic E-state index is 0.113. The van der Waals surface area contributed by atoms with E-state index in [0.717, 1.165) is 16.9 Å². The summed E-state index contributed by atoms with van der Waals surface area (Å²) in [5, 5.41) is 0. The van der Waals surface area contributed by atoms with Gasteiger partial charge in [-0.3, -0.25) is 0 Å². The van der Waals surface area contributed by atoms with Crippen LogP contribution < -0.4 is 4.72 Å². The first kappa shape index (κ1) is 15.4. The van der Waals surface area contributed by atoms with Crippen molar-refractivity contribution in [1.29, 1.82) is 0 Å². The number of hydrogen-bond donors (Lipinski definition) is 1. The minimum Gasteiger partial charge on any atom is -0.229 e. The molecule has 1 aromatic heterocycles. The number of hydrogen-bond acceptors (Lipinski definition) is 4. The maximum Gasteiger partial charge on any atom is 0.251 e. The van der Waals surface area contributed by atoms with E-state index in [1.807, 2.05) is 0 Å². The van der Waals surface area contributed by atoms with E-state index >= 15 is 0 Å². The van der Waals surface area contributed by atoms with E-state index in [2.05, 4.69) is 9.71 Å². The second-order valence-electron chi connectivity index (χ2n) is 4.12. The molecule has 0 fully saturated rings. The number of nitrogens with zero attached hydrogens (tertiary/aromatic N) is 1. The van der Waals surface area contributed by atoms with Gasteiger partial charge >= 0.3 is 0 Å². The van der Waals surface area contributed by atoms with Crippen LogP contribution in [0.1, 0.15) is 11.3 Å². The van der Waals surface area contributed by atoms with Crippen molar-refractivity contribution in [1.82, 2.24) is 9.71 Å². The van der Waals surface area contributed by atoms with Gasteiger partial charge in [0.2, 0.25) is 0 Å². The Kier molecular flexibility index (Phi) is 4.74. The number of thiazole rings is 1. The van der Waals surface area contributed by atoms with E-state index in [0.29, 0.717) is 12.1 Å². The minimum atomic E-state index is -3.62. The van der Waals surface area contributed by atoms with Crippen LogP contribution in [0.15, 0.2) is 28.5 Å². The van der Waals surface area contributed by atoms with Crippen molar-refractivity contribution < 1.29 is 12.8 Å². The average Bonchev–Trinajstić information content (AvgIpc) is 2.69. The number of aromatic nitrogens is 1. The third-order valence-corrected chi connectivity index (χ3v) is 5.90. The molecule has 8 heteroatoms. The first-order valence-corrected chi connectivity index (χ1v) is 8.43. The highest BCUT2D eigenvalue weighted by Crippen LogP contribution is 2.26. The molecule has 2 aromatic rings. The summed E-state index contributed by atoms with van der Waals surface area (Å²) in [4.78, 5) is 3.87. The molecular formula is C12H12ClFN2O2S2. The van der Waals surface area contributed by atoms with E-state index < -0.39 is 10.0 Å². The molecular weight excluding hydrogens is 323 g/mol. The predicted molar refractivity (Wildman–Crippen MR) is 77.2 cm³/mol. The molecule has 0 aliphatic heterocycles. The number of aryl methyl sites for hydroxylation is 1. The summed E-state index contributed by atoms with van der Waals surface area (Å²) in [5.74, 6) is -0.338. The molecule has 0 spiro atoms. The molecule has 4 nitrogen and oxygen atoms in total. The van der Waals surface area contributed by atoms with Crippen LogP contribution in [-0.4, -0.2) is 19.9 Å². The number of benzene rings is 1. The summed E-state index contributed by atoms with van der Waals surface area (Å²) in [5.41, 5.74) is 1.10. The van der Waals surface area contributed by atoms with E-state index in [-0.39, 0.29) is 21.0 Å². The molecule has 0 atom stereocenters. The molecule has 0 saturated heterocycles. The largest absolute Gasteiger partial charge is 0.251 e. The number of halogens is 2. The summed E-state index contributed by atoms with van der Waals surface area (Å²) in [7, 11) is -3.62. The topological polar surface area (TPSA) is 59.1 Å². The Balaban J connectivity index is 2.01. The fourth-order valence-corrected chi connectivity index (χ4v) is 4.50. The fourth-order valence-electron chi connectivity index (χ4n) is 1.69. The average molecular weight is 335 g/mol. The second-order valence-corrected chi connectivity index (χ2v) is 7.66. The zero-order valence-electron chi connectivity index (χ0n) is 10.6. The Labute approximate surface area is 125 Å². The quantitative estimate of drug-likeness (QED) is 0.914. The Hall–Kier alpha value is -1.02. The van der Waals surface area contributed by atoms with Crippen LogP contribution in [0.4, 0.5) is 4.39 Å². The van der Waals surface area contributed by atoms with Crippen molar-refractivity contribution >= 4 is 33.0 Å². The molecule has 1 aromatic carbocycles. The Morgan fingerprint density at radius 2 is 2.20 bits per heavy atom. The lowest BCUT2D eigenvalue weighted by Gasteiger charge is -2.05. The van der Waals surface area contributed by atoms with E-state index in [9.17, 15) is 12.8 Å². The normalized spacial score (nSPS) is 11.8. The van der Waals surface area contributed by atoms with Crippen LogP contribution in [0.25, 0.3) is 0 Å². The van der Waals surface area contributed by atoms with E-state index in [1.165, 1.54) is 12.1 Å². The predicted octanol–water partition coefficient (Wildman–Crippen LogP) is 2.77. The summed E-state index contributed by atoms with van der Waals surface area (Å²) >= 11 is 6.61. The van der Waals surface area contributed by atoms with Crippen molar-refractivity contribution in [2.24, 2.45) is 0 Å². The Bertz CT molecular complexity index is 716. The third-order valence-electron chi connectivity index (χ3n) is 2.57. The highest BCUT2D eigenvalue weighted by molar-refractivity contribution is 7.91. The van der Waals surface area contributed by atoms with Gasteiger partial charge in [-0.1, -0.05) is 35.1 Å². The number of sulfonamides is 1. The van der Waals surface area contributed by atoms with Gasteiger partial charge < -0.3 is 0 Å². The molecule has 0 bridgehead atoms. The number of nitrogens with one attached hydrogen (secondary N) is 1. The van der Waals surface area contributed by atoms with Crippen LogP contribution in [0.2, 0.25) is 4.47 Å². The van der Waals surface area contributed by atoms with Gasteiger partial charge in [-0.2, -0.15) is 0 Å². The molecule has 108 valence electrons.